The minimum absolute atomic E-state index is 0.0191. The Labute approximate surface area is 131 Å². The average molecular weight is 342 g/mol. The SMILES string of the molecule is C[C@H]1Oc2ccc(S(=O)(=O)N[C@H]3CCSC3=O)cc2NC1=O. The van der Waals surface area contributed by atoms with Crippen molar-refractivity contribution in [1.29, 1.82) is 0 Å². The Morgan fingerprint density at radius 3 is 2.82 bits per heavy atom. The lowest BCUT2D eigenvalue weighted by atomic mass is 10.2. The van der Waals surface area contributed by atoms with Crippen molar-refractivity contribution in [3.05, 3.63) is 18.2 Å². The summed E-state index contributed by atoms with van der Waals surface area (Å²) in [5.41, 5.74) is 0.304. The standard InChI is InChI=1S/C13H14N2O5S2/c1-7-12(16)14-10-6-8(2-3-11(10)20-7)22(18,19)15-9-4-5-21-13(9)17/h2-3,6-7,9,15H,4-5H2,1H3,(H,14,16)/t7-,9+/m1/s1. The molecule has 1 aromatic carbocycles. The first-order chi connectivity index (χ1) is 10.4. The molecule has 0 radical (unpaired) electrons. The van der Waals surface area contributed by atoms with Gasteiger partial charge in [-0.15, -0.1) is 0 Å². The van der Waals surface area contributed by atoms with Gasteiger partial charge in [0.25, 0.3) is 5.91 Å². The molecule has 2 heterocycles. The van der Waals surface area contributed by atoms with Gasteiger partial charge in [0.15, 0.2) is 6.10 Å². The molecule has 2 N–H and O–H groups in total. The molecule has 2 atom stereocenters. The lowest BCUT2D eigenvalue weighted by Crippen LogP contribution is -2.37. The van der Waals surface area contributed by atoms with Crippen molar-refractivity contribution >= 4 is 38.5 Å². The highest BCUT2D eigenvalue weighted by Gasteiger charge is 2.31. The second-order valence-electron chi connectivity index (χ2n) is 5.04. The van der Waals surface area contributed by atoms with E-state index in [1.807, 2.05) is 0 Å². The zero-order valence-corrected chi connectivity index (χ0v) is 13.3. The molecule has 7 nitrogen and oxygen atoms in total. The van der Waals surface area contributed by atoms with Crippen molar-refractivity contribution in [2.75, 3.05) is 11.1 Å². The van der Waals surface area contributed by atoms with E-state index in [0.717, 1.165) is 11.8 Å². The van der Waals surface area contributed by atoms with Crippen molar-refractivity contribution in [2.24, 2.45) is 0 Å². The van der Waals surface area contributed by atoms with E-state index in [0.29, 0.717) is 23.6 Å². The third kappa shape index (κ3) is 2.83. The van der Waals surface area contributed by atoms with Gasteiger partial charge in [-0.25, -0.2) is 8.42 Å². The summed E-state index contributed by atoms with van der Waals surface area (Å²) in [6, 6.07) is 3.51. The first-order valence-electron chi connectivity index (χ1n) is 6.67. The minimum atomic E-state index is -3.83. The summed E-state index contributed by atoms with van der Waals surface area (Å²) in [5.74, 6) is 0.689. The smallest absolute Gasteiger partial charge is 0.265 e. The number of carbonyl (C=O) groups excluding carboxylic acids is 2. The second kappa shape index (κ2) is 5.56. The van der Waals surface area contributed by atoms with E-state index in [4.69, 9.17) is 4.74 Å². The number of ether oxygens (including phenoxy) is 1. The maximum atomic E-state index is 12.3. The van der Waals surface area contributed by atoms with Gasteiger partial charge in [-0.3, -0.25) is 9.59 Å². The number of hydrogen-bond acceptors (Lipinski definition) is 6. The maximum absolute atomic E-state index is 12.3. The Hall–Kier alpha value is -1.58. The van der Waals surface area contributed by atoms with Gasteiger partial charge in [0.1, 0.15) is 5.75 Å². The first-order valence-corrected chi connectivity index (χ1v) is 9.14. The van der Waals surface area contributed by atoms with Gasteiger partial charge in [0.2, 0.25) is 15.1 Å². The summed E-state index contributed by atoms with van der Waals surface area (Å²) in [6.07, 6.45) is -0.147. The Balaban J connectivity index is 1.87. The van der Waals surface area contributed by atoms with E-state index >= 15 is 0 Å². The predicted molar refractivity (Wildman–Crippen MR) is 81.4 cm³/mol. The van der Waals surface area contributed by atoms with Crippen LogP contribution in [-0.2, 0) is 19.6 Å². The van der Waals surface area contributed by atoms with Crippen LogP contribution in [0.5, 0.6) is 5.75 Å². The predicted octanol–water partition coefficient (Wildman–Crippen LogP) is 0.716. The summed E-state index contributed by atoms with van der Waals surface area (Å²) in [5, 5.41) is 2.42. The maximum Gasteiger partial charge on any atom is 0.265 e. The minimum Gasteiger partial charge on any atom is -0.479 e. The van der Waals surface area contributed by atoms with Gasteiger partial charge in [-0.2, -0.15) is 4.72 Å². The summed E-state index contributed by atoms with van der Waals surface area (Å²) >= 11 is 1.12. The first kappa shape index (κ1) is 15.3. The molecule has 9 heteroatoms. The van der Waals surface area contributed by atoms with Crippen molar-refractivity contribution in [3.63, 3.8) is 0 Å². The zero-order valence-electron chi connectivity index (χ0n) is 11.7. The monoisotopic (exact) mass is 342 g/mol. The van der Waals surface area contributed by atoms with Crippen molar-refractivity contribution in [2.45, 2.75) is 30.4 Å². The lowest BCUT2D eigenvalue weighted by molar-refractivity contribution is -0.122. The van der Waals surface area contributed by atoms with E-state index in [-0.39, 0.29) is 15.9 Å². The van der Waals surface area contributed by atoms with Crippen LogP contribution in [0.25, 0.3) is 0 Å². The summed E-state index contributed by atoms with van der Waals surface area (Å²) < 4.78 is 32.5. The number of rotatable bonds is 3. The van der Waals surface area contributed by atoms with E-state index < -0.39 is 22.2 Å². The van der Waals surface area contributed by atoms with Gasteiger partial charge in [-0.1, -0.05) is 11.8 Å². The molecule has 0 spiro atoms. The van der Waals surface area contributed by atoms with Crippen molar-refractivity contribution in [1.82, 2.24) is 4.72 Å². The van der Waals surface area contributed by atoms with E-state index in [9.17, 15) is 18.0 Å². The molecule has 1 fully saturated rings. The van der Waals surface area contributed by atoms with Crippen LogP contribution in [0.2, 0.25) is 0 Å². The summed E-state index contributed by atoms with van der Waals surface area (Å²) in [4.78, 5) is 23.1. The van der Waals surface area contributed by atoms with E-state index in [2.05, 4.69) is 10.0 Å². The molecule has 1 aromatic rings. The average Bonchev–Trinajstić information content (AvgIpc) is 2.84. The van der Waals surface area contributed by atoms with Crippen LogP contribution in [0.3, 0.4) is 0 Å². The Morgan fingerprint density at radius 1 is 1.36 bits per heavy atom. The molecule has 0 aromatic heterocycles. The van der Waals surface area contributed by atoms with Gasteiger partial charge >= 0.3 is 0 Å². The van der Waals surface area contributed by atoms with Crippen LogP contribution in [-0.4, -0.2) is 37.3 Å². The van der Waals surface area contributed by atoms with Gasteiger partial charge in [-0.05, 0) is 31.5 Å². The number of fused-ring (bicyclic) bond motifs is 1. The Bertz CT molecular complexity index is 747. The van der Waals surface area contributed by atoms with Gasteiger partial charge < -0.3 is 10.1 Å². The highest BCUT2D eigenvalue weighted by Crippen LogP contribution is 2.32. The molecule has 0 bridgehead atoms. The molecule has 118 valence electrons. The number of amides is 1. The highest BCUT2D eigenvalue weighted by molar-refractivity contribution is 8.14. The van der Waals surface area contributed by atoms with Crippen LogP contribution in [0.1, 0.15) is 13.3 Å². The zero-order chi connectivity index (χ0) is 15.9. The number of nitrogens with one attached hydrogen (secondary N) is 2. The molecule has 1 saturated heterocycles. The van der Waals surface area contributed by atoms with Crippen molar-refractivity contribution in [3.8, 4) is 5.75 Å². The molecule has 1 amide bonds. The molecule has 2 aliphatic heterocycles. The number of thioether (sulfide) groups is 1. The topological polar surface area (TPSA) is 102 Å². The van der Waals surface area contributed by atoms with Crippen LogP contribution < -0.4 is 14.8 Å². The molecule has 0 unspecified atom stereocenters. The third-order valence-corrected chi connectivity index (χ3v) is 5.90. The summed E-state index contributed by atoms with van der Waals surface area (Å²) in [6.45, 7) is 1.61. The van der Waals surface area contributed by atoms with Crippen LogP contribution in [0.4, 0.5) is 5.69 Å². The molecule has 0 aliphatic carbocycles. The summed E-state index contributed by atoms with van der Waals surface area (Å²) in [7, 11) is -3.83. The molecule has 0 saturated carbocycles. The van der Waals surface area contributed by atoms with E-state index in [1.54, 1.807) is 6.92 Å². The molecule has 2 aliphatic rings. The van der Waals surface area contributed by atoms with Crippen molar-refractivity contribution < 1.29 is 22.7 Å². The van der Waals surface area contributed by atoms with Gasteiger partial charge in [0.05, 0.1) is 16.6 Å². The lowest BCUT2D eigenvalue weighted by Gasteiger charge is -2.23. The quantitative estimate of drug-likeness (QED) is 0.839. The molecule has 3 rings (SSSR count). The number of hydrogen-bond donors (Lipinski definition) is 2. The number of anilines is 1. The Kier molecular flexibility index (Phi) is 3.87. The fourth-order valence-electron chi connectivity index (χ4n) is 2.21. The molecular formula is C13H14N2O5S2. The fourth-order valence-corrected chi connectivity index (χ4v) is 4.48. The number of sulfonamides is 1. The third-order valence-electron chi connectivity index (χ3n) is 3.42. The van der Waals surface area contributed by atoms with Crippen LogP contribution in [0.15, 0.2) is 23.1 Å². The normalized spacial score (nSPS) is 24.6. The highest BCUT2D eigenvalue weighted by atomic mass is 32.2. The largest absolute Gasteiger partial charge is 0.479 e. The number of carbonyl (C=O) groups is 2. The second-order valence-corrected chi connectivity index (χ2v) is 7.85. The van der Waals surface area contributed by atoms with E-state index in [1.165, 1.54) is 18.2 Å². The fraction of sp³-hybridized carbons (Fsp3) is 0.385. The molecule has 22 heavy (non-hydrogen) atoms. The van der Waals surface area contributed by atoms with Gasteiger partial charge in [0, 0.05) is 5.75 Å². The van der Waals surface area contributed by atoms with Crippen LogP contribution >= 0.6 is 11.8 Å². The van der Waals surface area contributed by atoms with Crippen LogP contribution in [0, 0.1) is 0 Å². The molecular weight excluding hydrogens is 328 g/mol. The Morgan fingerprint density at radius 2 is 2.14 bits per heavy atom. The number of benzene rings is 1.